The maximum atomic E-state index is 12.8. The van der Waals surface area contributed by atoms with Gasteiger partial charge in [0.1, 0.15) is 17.5 Å². The molecular formula is C26H25N3O4. The minimum atomic E-state index is -0.686. The molecule has 7 nitrogen and oxygen atoms in total. The van der Waals surface area contributed by atoms with Gasteiger partial charge in [-0.3, -0.25) is 14.4 Å². The van der Waals surface area contributed by atoms with Crippen LogP contribution in [-0.4, -0.2) is 41.8 Å². The number of benzene rings is 3. The molecule has 0 saturated carbocycles. The van der Waals surface area contributed by atoms with E-state index in [1.165, 1.54) is 4.90 Å². The first-order chi connectivity index (χ1) is 16.0. The van der Waals surface area contributed by atoms with Gasteiger partial charge in [0.2, 0.25) is 11.8 Å². The molecule has 0 bridgehead atoms. The molecule has 0 radical (unpaired) electrons. The normalized spacial score (nSPS) is 17.4. The van der Waals surface area contributed by atoms with Crippen molar-refractivity contribution < 1.29 is 19.1 Å². The predicted octanol–water partition coefficient (Wildman–Crippen LogP) is 3.08. The Hall–Kier alpha value is -4.13. The summed E-state index contributed by atoms with van der Waals surface area (Å²) in [5.74, 6) is 0.0622. The van der Waals surface area contributed by atoms with Gasteiger partial charge in [-0.05, 0) is 48.4 Å². The van der Waals surface area contributed by atoms with Gasteiger partial charge in [0, 0.05) is 18.0 Å². The summed E-state index contributed by atoms with van der Waals surface area (Å²) in [6, 6.07) is 25.0. The van der Waals surface area contributed by atoms with Crippen LogP contribution in [0.4, 0.5) is 0 Å². The van der Waals surface area contributed by atoms with Gasteiger partial charge in [-0.1, -0.05) is 48.5 Å². The number of ether oxygens (including phenoxy) is 1. The van der Waals surface area contributed by atoms with Crippen LogP contribution in [0.15, 0.2) is 84.9 Å². The number of hydrogen-bond acceptors (Lipinski definition) is 4. The Kier molecular flexibility index (Phi) is 6.69. The highest BCUT2D eigenvalue weighted by Crippen LogP contribution is 2.31. The van der Waals surface area contributed by atoms with Crippen molar-refractivity contribution in [2.24, 2.45) is 5.73 Å². The van der Waals surface area contributed by atoms with E-state index in [1.54, 1.807) is 24.3 Å². The summed E-state index contributed by atoms with van der Waals surface area (Å²) < 4.78 is 5.72. The number of amides is 3. The van der Waals surface area contributed by atoms with Crippen molar-refractivity contribution in [1.82, 2.24) is 10.2 Å². The van der Waals surface area contributed by atoms with Gasteiger partial charge < -0.3 is 20.7 Å². The number of hydrogen-bond donors (Lipinski definition) is 2. The molecule has 0 aromatic heterocycles. The Balaban J connectivity index is 1.34. The van der Waals surface area contributed by atoms with Gasteiger partial charge in [-0.2, -0.15) is 0 Å². The van der Waals surface area contributed by atoms with E-state index in [1.807, 2.05) is 60.7 Å². The smallest absolute Gasteiger partial charge is 0.251 e. The summed E-state index contributed by atoms with van der Waals surface area (Å²) in [4.78, 5) is 38.7. The third-order valence-corrected chi connectivity index (χ3v) is 5.72. The molecule has 0 aliphatic carbocycles. The molecule has 168 valence electrons. The third kappa shape index (κ3) is 5.38. The van der Waals surface area contributed by atoms with E-state index < -0.39 is 11.9 Å². The lowest BCUT2D eigenvalue weighted by Gasteiger charge is -2.22. The maximum Gasteiger partial charge on any atom is 0.251 e. The molecule has 4 rings (SSSR count). The van der Waals surface area contributed by atoms with Crippen molar-refractivity contribution in [2.45, 2.75) is 18.4 Å². The van der Waals surface area contributed by atoms with Crippen molar-refractivity contribution in [3.05, 3.63) is 96.1 Å². The number of primary amides is 1. The largest absolute Gasteiger partial charge is 0.457 e. The molecule has 33 heavy (non-hydrogen) atoms. The van der Waals surface area contributed by atoms with Gasteiger partial charge in [0.15, 0.2) is 0 Å². The number of rotatable bonds is 7. The molecule has 2 unspecified atom stereocenters. The number of nitrogens with zero attached hydrogens (tertiary/aromatic N) is 1. The predicted molar refractivity (Wildman–Crippen MR) is 124 cm³/mol. The number of likely N-dealkylation sites (tertiary alicyclic amines) is 1. The molecule has 1 heterocycles. The highest BCUT2D eigenvalue weighted by atomic mass is 16.5. The highest BCUT2D eigenvalue weighted by molar-refractivity contribution is 5.97. The van der Waals surface area contributed by atoms with E-state index in [0.29, 0.717) is 30.0 Å². The number of carbonyl (C=O) groups is 3. The lowest BCUT2D eigenvalue weighted by atomic mass is 9.96. The number of nitrogens with one attached hydrogen (secondary N) is 1. The van der Waals surface area contributed by atoms with E-state index >= 15 is 0 Å². The lowest BCUT2D eigenvalue weighted by molar-refractivity contribution is -0.136. The zero-order valence-electron chi connectivity index (χ0n) is 18.0. The Bertz CT molecular complexity index is 1120. The first-order valence-corrected chi connectivity index (χ1v) is 10.8. The van der Waals surface area contributed by atoms with Gasteiger partial charge in [-0.25, -0.2) is 0 Å². The molecule has 3 amide bonds. The second-order valence-electron chi connectivity index (χ2n) is 7.93. The summed E-state index contributed by atoms with van der Waals surface area (Å²) >= 11 is 0. The average molecular weight is 444 g/mol. The first-order valence-electron chi connectivity index (χ1n) is 10.8. The number of carbonyl (C=O) groups excluding carboxylic acids is 3. The van der Waals surface area contributed by atoms with Gasteiger partial charge >= 0.3 is 0 Å². The van der Waals surface area contributed by atoms with Gasteiger partial charge in [-0.15, -0.1) is 0 Å². The fourth-order valence-corrected chi connectivity index (χ4v) is 4.01. The highest BCUT2D eigenvalue weighted by Gasteiger charge is 2.38. The Morgan fingerprint density at radius 2 is 1.48 bits per heavy atom. The zero-order valence-corrected chi connectivity index (χ0v) is 18.0. The van der Waals surface area contributed by atoms with Crippen molar-refractivity contribution in [3.8, 4) is 11.5 Å². The molecule has 7 heteroatoms. The van der Waals surface area contributed by atoms with Crippen LogP contribution in [0.5, 0.6) is 11.5 Å². The van der Waals surface area contributed by atoms with Crippen molar-refractivity contribution in [2.75, 3.05) is 13.1 Å². The van der Waals surface area contributed by atoms with Gasteiger partial charge in [0.25, 0.3) is 5.91 Å². The summed E-state index contributed by atoms with van der Waals surface area (Å²) in [6.07, 6.45) is 0.474. The monoisotopic (exact) mass is 443 g/mol. The lowest BCUT2D eigenvalue weighted by Crippen LogP contribution is -2.47. The average Bonchev–Trinajstić information content (AvgIpc) is 3.30. The molecule has 1 aliphatic heterocycles. The Labute approximate surface area is 192 Å². The van der Waals surface area contributed by atoms with E-state index in [4.69, 9.17) is 10.5 Å². The van der Waals surface area contributed by atoms with E-state index in [-0.39, 0.29) is 24.3 Å². The van der Waals surface area contributed by atoms with Crippen molar-refractivity contribution in [1.29, 1.82) is 0 Å². The quantitative estimate of drug-likeness (QED) is 0.586. The molecule has 3 aromatic carbocycles. The molecule has 2 atom stereocenters. The van der Waals surface area contributed by atoms with Crippen LogP contribution in [0, 0.1) is 0 Å². The topological polar surface area (TPSA) is 102 Å². The van der Waals surface area contributed by atoms with E-state index in [0.717, 1.165) is 5.56 Å². The minimum absolute atomic E-state index is 0.0283. The molecule has 3 N–H and O–H groups in total. The third-order valence-electron chi connectivity index (χ3n) is 5.72. The summed E-state index contributed by atoms with van der Waals surface area (Å²) in [5.41, 5.74) is 7.01. The second kappa shape index (κ2) is 9.99. The molecule has 1 aliphatic rings. The van der Waals surface area contributed by atoms with Crippen LogP contribution in [0.1, 0.15) is 28.3 Å². The second-order valence-corrected chi connectivity index (χ2v) is 7.93. The van der Waals surface area contributed by atoms with Crippen LogP contribution in [0.25, 0.3) is 0 Å². The van der Waals surface area contributed by atoms with Crippen LogP contribution >= 0.6 is 0 Å². The molecule has 1 saturated heterocycles. The van der Waals surface area contributed by atoms with Crippen LogP contribution in [0.3, 0.4) is 0 Å². The van der Waals surface area contributed by atoms with Crippen LogP contribution < -0.4 is 15.8 Å². The Morgan fingerprint density at radius 3 is 2.12 bits per heavy atom. The fourth-order valence-electron chi connectivity index (χ4n) is 4.01. The SMILES string of the molecule is NC(=O)C1CC(c2ccccc2)CN1C(=O)CNC(=O)c1ccc(Oc2ccccc2)cc1. The Morgan fingerprint density at radius 1 is 0.879 bits per heavy atom. The standard InChI is InChI=1S/C26H25N3O4/c27-25(31)23-15-20(18-7-3-1-4-8-18)17-29(23)24(30)16-28-26(32)19-11-13-22(14-12-19)33-21-9-5-2-6-10-21/h1-14,20,23H,15-17H2,(H2,27,31)(H,28,32). The van der Waals surface area contributed by atoms with Crippen molar-refractivity contribution in [3.63, 3.8) is 0 Å². The summed E-state index contributed by atoms with van der Waals surface area (Å²) in [6.45, 7) is 0.171. The van der Waals surface area contributed by atoms with Crippen molar-refractivity contribution >= 4 is 17.7 Å². The molecule has 3 aromatic rings. The number of nitrogens with two attached hydrogens (primary N) is 1. The maximum absolute atomic E-state index is 12.8. The van der Waals surface area contributed by atoms with Gasteiger partial charge in [0.05, 0.1) is 6.54 Å². The van der Waals surface area contributed by atoms with E-state index in [9.17, 15) is 14.4 Å². The first kappa shape index (κ1) is 22.1. The fraction of sp³-hybridized carbons (Fsp3) is 0.192. The zero-order chi connectivity index (χ0) is 23.2. The molecule has 1 fully saturated rings. The molecular weight excluding hydrogens is 418 g/mol. The number of para-hydroxylation sites is 1. The van der Waals surface area contributed by atoms with E-state index in [2.05, 4.69) is 5.32 Å². The molecule has 0 spiro atoms. The minimum Gasteiger partial charge on any atom is -0.457 e. The summed E-state index contributed by atoms with van der Waals surface area (Å²) in [7, 11) is 0. The summed E-state index contributed by atoms with van der Waals surface area (Å²) in [5, 5.41) is 2.64. The van der Waals surface area contributed by atoms with Crippen LogP contribution in [0.2, 0.25) is 0 Å². The van der Waals surface area contributed by atoms with Crippen LogP contribution in [-0.2, 0) is 9.59 Å².